The van der Waals surface area contributed by atoms with Crippen LogP contribution in [0.1, 0.15) is 13.8 Å². The SMILES string of the molecule is CC(C)C1SCC(C(=O)O)N1S(=O)(=O)c1ccn[nH]1. The predicted molar refractivity (Wildman–Crippen MR) is 70.1 cm³/mol. The van der Waals surface area contributed by atoms with Gasteiger partial charge in [0.05, 0.1) is 11.6 Å². The van der Waals surface area contributed by atoms with Crippen LogP contribution in [0.3, 0.4) is 0 Å². The van der Waals surface area contributed by atoms with Crippen LogP contribution in [0.5, 0.6) is 0 Å². The molecule has 7 nitrogen and oxygen atoms in total. The Morgan fingerprint density at radius 2 is 2.32 bits per heavy atom. The summed E-state index contributed by atoms with van der Waals surface area (Å²) in [6.45, 7) is 3.74. The lowest BCUT2D eigenvalue weighted by Gasteiger charge is -2.27. The van der Waals surface area contributed by atoms with Gasteiger partial charge in [-0.1, -0.05) is 13.8 Å². The summed E-state index contributed by atoms with van der Waals surface area (Å²) in [5, 5.41) is 14.7. The Morgan fingerprint density at radius 3 is 2.79 bits per heavy atom. The summed E-state index contributed by atoms with van der Waals surface area (Å²) in [6.07, 6.45) is 1.33. The zero-order valence-corrected chi connectivity index (χ0v) is 12.1. The van der Waals surface area contributed by atoms with Crippen molar-refractivity contribution in [1.82, 2.24) is 14.5 Å². The zero-order chi connectivity index (χ0) is 14.2. The molecule has 2 N–H and O–H groups in total. The normalized spacial score (nSPS) is 25.0. The van der Waals surface area contributed by atoms with Gasteiger partial charge in [-0.2, -0.15) is 9.40 Å². The Hall–Kier alpha value is -1.06. The van der Waals surface area contributed by atoms with Crippen molar-refractivity contribution in [2.75, 3.05) is 5.75 Å². The number of hydrogen-bond acceptors (Lipinski definition) is 5. The summed E-state index contributed by atoms with van der Waals surface area (Å²) in [6, 6.07) is 0.292. The monoisotopic (exact) mass is 305 g/mol. The van der Waals surface area contributed by atoms with Gasteiger partial charge in [-0.25, -0.2) is 8.42 Å². The molecule has 1 aliphatic rings. The topological polar surface area (TPSA) is 103 Å². The third-order valence-electron chi connectivity index (χ3n) is 2.87. The highest BCUT2D eigenvalue weighted by atomic mass is 32.2. The van der Waals surface area contributed by atoms with Gasteiger partial charge in [0.15, 0.2) is 5.03 Å². The van der Waals surface area contributed by atoms with Gasteiger partial charge in [0.25, 0.3) is 10.0 Å². The van der Waals surface area contributed by atoms with Crippen molar-refractivity contribution in [3.63, 3.8) is 0 Å². The minimum Gasteiger partial charge on any atom is -0.480 e. The van der Waals surface area contributed by atoms with Crippen molar-refractivity contribution in [3.05, 3.63) is 12.3 Å². The Kier molecular flexibility index (Phi) is 3.88. The lowest BCUT2D eigenvalue weighted by Crippen LogP contribution is -2.47. The van der Waals surface area contributed by atoms with Gasteiger partial charge in [-0.15, -0.1) is 11.8 Å². The average molecular weight is 305 g/mol. The number of aromatic amines is 1. The maximum atomic E-state index is 12.5. The van der Waals surface area contributed by atoms with Crippen LogP contribution in [-0.2, 0) is 14.8 Å². The largest absolute Gasteiger partial charge is 0.480 e. The number of sulfonamides is 1. The van der Waals surface area contributed by atoms with Crippen molar-refractivity contribution in [2.45, 2.75) is 30.3 Å². The van der Waals surface area contributed by atoms with E-state index in [0.29, 0.717) is 0 Å². The molecule has 1 fully saturated rings. The fourth-order valence-electron chi connectivity index (χ4n) is 1.99. The Balaban J connectivity index is 2.45. The van der Waals surface area contributed by atoms with Crippen LogP contribution in [0.4, 0.5) is 0 Å². The molecule has 0 saturated carbocycles. The van der Waals surface area contributed by atoms with E-state index in [1.807, 2.05) is 13.8 Å². The van der Waals surface area contributed by atoms with Gasteiger partial charge in [0.2, 0.25) is 0 Å². The maximum Gasteiger partial charge on any atom is 0.322 e. The van der Waals surface area contributed by atoms with E-state index in [-0.39, 0.29) is 22.1 Å². The van der Waals surface area contributed by atoms with Crippen LogP contribution in [0.25, 0.3) is 0 Å². The predicted octanol–water partition coefficient (Wildman–Crippen LogP) is 0.583. The molecule has 2 atom stereocenters. The van der Waals surface area contributed by atoms with Gasteiger partial charge in [0.1, 0.15) is 6.04 Å². The number of nitrogens with zero attached hydrogens (tertiary/aromatic N) is 2. The standard InChI is InChI=1S/C10H15N3O4S2/c1-6(2)9-13(7(5-18-9)10(14)15)19(16,17)8-3-4-11-12-8/h3-4,6-7,9H,5H2,1-2H3,(H,11,12)(H,14,15). The second-order valence-electron chi connectivity index (χ2n) is 4.58. The van der Waals surface area contributed by atoms with E-state index in [2.05, 4.69) is 10.2 Å². The van der Waals surface area contributed by atoms with Crippen molar-refractivity contribution >= 4 is 27.8 Å². The van der Waals surface area contributed by atoms with Gasteiger partial charge in [-0.05, 0) is 12.0 Å². The van der Waals surface area contributed by atoms with Gasteiger partial charge in [-0.3, -0.25) is 9.89 Å². The number of H-pyrrole nitrogens is 1. The van der Waals surface area contributed by atoms with Crippen LogP contribution in [-0.4, -0.2) is 51.2 Å². The highest BCUT2D eigenvalue weighted by molar-refractivity contribution is 8.01. The smallest absolute Gasteiger partial charge is 0.322 e. The van der Waals surface area contributed by atoms with Crippen LogP contribution in [0, 0.1) is 5.92 Å². The number of aliphatic carboxylic acids is 1. The number of aromatic nitrogens is 2. The van der Waals surface area contributed by atoms with Gasteiger partial charge < -0.3 is 5.11 Å². The molecule has 1 aromatic rings. The van der Waals surface area contributed by atoms with Crippen molar-refractivity contribution in [3.8, 4) is 0 Å². The van der Waals surface area contributed by atoms with Gasteiger partial charge >= 0.3 is 5.97 Å². The molecule has 19 heavy (non-hydrogen) atoms. The molecule has 2 rings (SSSR count). The highest BCUT2D eigenvalue weighted by Crippen LogP contribution is 2.37. The van der Waals surface area contributed by atoms with Crippen LogP contribution < -0.4 is 0 Å². The summed E-state index contributed by atoms with van der Waals surface area (Å²) in [5.41, 5.74) is 0. The molecule has 0 aliphatic carbocycles. The van der Waals surface area contributed by atoms with E-state index in [0.717, 1.165) is 4.31 Å². The number of carboxylic acids is 1. The lowest BCUT2D eigenvalue weighted by atomic mass is 10.2. The second-order valence-corrected chi connectivity index (χ2v) is 7.54. The number of hydrogen-bond donors (Lipinski definition) is 2. The van der Waals surface area contributed by atoms with E-state index in [4.69, 9.17) is 0 Å². The summed E-state index contributed by atoms with van der Waals surface area (Å²) in [5.74, 6) is -0.850. The van der Waals surface area contributed by atoms with Gasteiger partial charge in [0, 0.05) is 5.75 Å². The number of nitrogens with one attached hydrogen (secondary N) is 1. The average Bonchev–Trinajstić information content (AvgIpc) is 2.98. The molecule has 0 bridgehead atoms. The fraction of sp³-hybridized carbons (Fsp3) is 0.600. The number of carbonyl (C=O) groups is 1. The number of rotatable bonds is 4. The van der Waals surface area contributed by atoms with E-state index < -0.39 is 22.0 Å². The molecule has 2 heterocycles. The minimum absolute atomic E-state index is 0.0204. The summed E-state index contributed by atoms with van der Waals surface area (Å²) >= 11 is 1.35. The Bertz CT molecular complexity index is 555. The van der Waals surface area contributed by atoms with E-state index in [9.17, 15) is 18.3 Å². The Morgan fingerprint density at radius 1 is 1.63 bits per heavy atom. The number of thioether (sulfide) groups is 1. The molecule has 0 radical (unpaired) electrons. The van der Waals surface area contributed by atoms with E-state index in [1.54, 1.807) is 0 Å². The molecule has 1 aliphatic heterocycles. The molecule has 1 aromatic heterocycles. The molecule has 9 heteroatoms. The van der Waals surface area contributed by atoms with Crippen molar-refractivity contribution < 1.29 is 18.3 Å². The van der Waals surface area contributed by atoms with E-state index >= 15 is 0 Å². The number of carboxylic acid groups (broad SMARTS) is 1. The molecule has 106 valence electrons. The quantitative estimate of drug-likeness (QED) is 0.843. The first-order chi connectivity index (χ1) is 8.85. The molecule has 0 amide bonds. The van der Waals surface area contributed by atoms with Crippen LogP contribution in [0.2, 0.25) is 0 Å². The molecule has 0 spiro atoms. The molecular weight excluding hydrogens is 290 g/mol. The fourth-order valence-corrected chi connectivity index (χ4v) is 5.61. The first-order valence-electron chi connectivity index (χ1n) is 5.73. The summed E-state index contributed by atoms with van der Waals surface area (Å²) < 4.78 is 26.1. The van der Waals surface area contributed by atoms with Crippen molar-refractivity contribution in [1.29, 1.82) is 0 Å². The summed E-state index contributed by atoms with van der Waals surface area (Å²) in [7, 11) is -3.87. The molecular formula is C10H15N3O4S2. The first-order valence-corrected chi connectivity index (χ1v) is 8.22. The maximum absolute atomic E-state index is 12.5. The summed E-state index contributed by atoms with van der Waals surface area (Å²) in [4.78, 5) is 11.3. The first kappa shape index (κ1) is 14.4. The zero-order valence-electron chi connectivity index (χ0n) is 10.5. The van der Waals surface area contributed by atoms with Crippen molar-refractivity contribution in [2.24, 2.45) is 5.92 Å². The lowest BCUT2D eigenvalue weighted by molar-refractivity contribution is -0.140. The third-order valence-corrected chi connectivity index (χ3v) is 6.44. The second kappa shape index (κ2) is 5.14. The van der Waals surface area contributed by atoms with E-state index in [1.165, 1.54) is 24.0 Å². The molecule has 0 aromatic carbocycles. The Labute approximate surface area is 115 Å². The van der Waals surface area contributed by atoms with Crippen LogP contribution in [0.15, 0.2) is 17.3 Å². The third kappa shape index (κ3) is 2.49. The highest BCUT2D eigenvalue weighted by Gasteiger charge is 2.47. The minimum atomic E-state index is -3.87. The van der Waals surface area contributed by atoms with Crippen LogP contribution >= 0.6 is 11.8 Å². The molecule has 1 saturated heterocycles. The molecule has 2 unspecified atom stereocenters.